The summed E-state index contributed by atoms with van der Waals surface area (Å²) in [5.74, 6) is 0.864. The molecule has 2 heteroatoms. The summed E-state index contributed by atoms with van der Waals surface area (Å²) < 4.78 is 0. The Morgan fingerprint density at radius 1 is 1.21 bits per heavy atom. The predicted molar refractivity (Wildman–Crippen MR) is 82.3 cm³/mol. The zero-order valence-electron chi connectivity index (χ0n) is 12.7. The molecule has 0 aliphatic carbocycles. The smallest absolute Gasteiger partial charge is 0.0470 e. The minimum absolute atomic E-state index is 0.393. The van der Waals surface area contributed by atoms with Crippen molar-refractivity contribution in [3.05, 3.63) is 34.9 Å². The molecule has 0 amide bonds. The predicted octanol–water partition coefficient (Wildman–Crippen LogP) is 3.43. The van der Waals surface area contributed by atoms with E-state index < -0.39 is 0 Å². The van der Waals surface area contributed by atoms with Crippen molar-refractivity contribution >= 4 is 0 Å². The van der Waals surface area contributed by atoms with Gasteiger partial charge in [0.1, 0.15) is 0 Å². The van der Waals surface area contributed by atoms with Gasteiger partial charge in [-0.05, 0) is 68.8 Å². The molecule has 0 saturated carbocycles. The van der Waals surface area contributed by atoms with E-state index in [1.165, 1.54) is 49.0 Å². The van der Waals surface area contributed by atoms with Crippen LogP contribution in [0.1, 0.15) is 48.9 Å². The first-order valence-electron chi connectivity index (χ1n) is 7.63. The molecule has 0 bridgehead atoms. The van der Waals surface area contributed by atoms with Crippen LogP contribution in [-0.2, 0) is 0 Å². The summed E-state index contributed by atoms with van der Waals surface area (Å²) in [4.78, 5) is 2.59. The van der Waals surface area contributed by atoms with E-state index in [2.05, 4.69) is 43.9 Å². The lowest BCUT2D eigenvalue weighted by Crippen LogP contribution is -2.34. The highest BCUT2D eigenvalue weighted by atomic mass is 15.2. The van der Waals surface area contributed by atoms with E-state index in [4.69, 9.17) is 5.73 Å². The maximum absolute atomic E-state index is 6.07. The van der Waals surface area contributed by atoms with Crippen LogP contribution in [0.3, 0.4) is 0 Å². The van der Waals surface area contributed by atoms with E-state index >= 15 is 0 Å². The Bertz CT molecular complexity index is 414. The standard InChI is InChI=1S/C17H28N2/c1-13-5-4-9-19(10-8-13)17(12-18)16-7-6-14(2)15(3)11-16/h6-7,11,13,17H,4-5,8-10,12,18H2,1-3H3. The van der Waals surface area contributed by atoms with Crippen molar-refractivity contribution in [3.63, 3.8) is 0 Å². The van der Waals surface area contributed by atoms with Crippen molar-refractivity contribution in [3.8, 4) is 0 Å². The molecular formula is C17H28N2. The summed E-state index contributed by atoms with van der Waals surface area (Å²) in [7, 11) is 0. The monoisotopic (exact) mass is 260 g/mol. The lowest BCUT2D eigenvalue weighted by atomic mass is 9.99. The Morgan fingerprint density at radius 3 is 2.68 bits per heavy atom. The van der Waals surface area contributed by atoms with Gasteiger partial charge in [-0.1, -0.05) is 25.1 Å². The van der Waals surface area contributed by atoms with Gasteiger partial charge in [0.15, 0.2) is 0 Å². The number of aryl methyl sites for hydroxylation is 2. The summed E-state index contributed by atoms with van der Waals surface area (Å²) in [6, 6.07) is 7.20. The molecule has 106 valence electrons. The van der Waals surface area contributed by atoms with Crippen LogP contribution in [0.5, 0.6) is 0 Å². The third kappa shape index (κ3) is 3.58. The molecule has 19 heavy (non-hydrogen) atoms. The first-order chi connectivity index (χ1) is 9.11. The zero-order chi connectivity index (χ0) is 13.8. The van der Waals surface area contributed by atoms with Crippen LogP contribution < -0.4 is 5.73 Å². The first-order valence-corrected chi connectivity index (χ1v) is 7.63. The fraction of sp³-hybridized carbons (Fsp3) is 0.647. The van der Waals surface area contributed by atoms with Crippen LogP contribution in [0.2, 0.25) is 0 Å². The van der Waals surface area contributed by atoms with E-state index in [0.29, 0.717) is 6.04 Å². The number of rotatable bonds is 3. The van der Waals surface area contributed by atoms with Gasteiger partial charge in [0.25, 0.3) is 0 Å². The fourth-order valence-electron chi connectivity index (χ4n) is 3.06. The molecule has 2 unspecified atom stereocenters. The lowest BCUT2D eigenvalue weighted by molar-refractivity contribution is 0.207. The first kappa shape index (κ1) is 14.5. The summed E-state index contributed by atoms with van der Waals surface area (Å²) in [5.41, 5.74) is 10.2. The van der Waals surface area contributed by atoms with Crippen LogP contribution in [0.15, 0.2) is 18.2 Å². The second kappa shape index (κ2) is 6.53. The van der Waals surface area contributed by atoms with E-state index in [0.717, 1.165) is 12.5 Å². The summed E-state index contributed by atoms with van der Waals surface area (Å²) in [6.07, 6.45) is 3.98. The van der Waals surface area contributed by atoms with Gasteiger partial charge in [0, 0.05) is 12.6 Å². The molecule has 0 spiro atoms. The van der Waals surface area contributed by atoms with Crippen LogP contribution >= 0.6 is 0 Å². The fourth-order valence-corrected chi connectivity index (χ4v) is 3.06. The average molecular weight is 260 g/mol. The third-order valence-corrected chi connectivity index (χ3v) is 4.63. The molecule has 1 fully saturated rings. The van der Waals surface area contributed by atoms with Gasteiger partial charge in [-0.15, -0.1) is 0 Å². The summed E-state index contributed by atoms with van der Waals surface area (Å²) in [5, 5.41) is 0. The molecule has 1 heterocycles. The van der Waals surface area contributed by atoms with Gasteiger partial charge in [-0.25, -0.2) is 0 Å². The third-order valence-electron chi connectivity index (χ3n) is 4.63. The summed E-state index contributed by atoms with van der Waals surface area (Å²) in [6.45, 7) is 9.84. The van der Waals surface area contributed by atoms with E-state index in [-0.39, 0.29) is 0 Å². The van der Waals surface area contributed by atoms with Crippen molar-refractivity contribution in [1.82, 2.24) is 4.90 Å². The quantitative estimate of drug-likeness (QED) is 0.902. The number of likely N-dealkylation sites (tertiary alicyclic amines) is 1. The second-order valence-corrected chi connectivity index (χ2v) is 6.17. The van der Waals surface area contributed by atoms with Gasteiger partial charge in [-0.3, -0.25) is 4.90 Å². The zero-order valence-corrected chi connectivity index (χ0v) is 12.7. The maximum atomic E-state index is 6.07. The number of hydrogen-bond donors (Lipinski definition) is 1. The second-order valence-electron chi connectivity index (χ2n) is 6.17. The van der Waals surface area contributed by atoms with Crippen molar-refractivity contribution in [1.29, 1.82) is 0 Å². The van der Waals surface area contributed by atoms with Crippen LogP contribution in [0.25, 0.3) is 0 Å². The average Bonchev–Trinajstić information content (AvgIpc) is 2.60. The van der Waals surface area contributed by atoms with E-state index in [1.54, 1.807) is 0 Å². The Kier molecular flexibility index (Phi) is 5.00. The van der Waals surface area contributed by atoms with Gasteiger partial charge < -0.3 is 5.73 Å². The Balaban J connectivity index is 2.16. The number of nitrogens with zero attached hydrogens (tertiary/aromatic N) is 1. The van der Waals surface area contributed by atoms with Gasteiger partial charge >= 0.3 is 0 Å². The molecule has 1 aromatic carbocycles. The molecule has 1 aliphatic rings. The number of nitrogens with two attached hydrogens (primary N) is 1. The van der Waals surface area contributed by atoms with Crippen molar-refractivity contribution < 1.29 is 0 Å². The van der Waals surface area contributed by atoms with E-state index in [1.807, 2.05) is 0 Å². The molecule has 1 aromatic rings. The number of benzene rings is 1. The molecular weight excluding hydrogens is 232 g/mol. The van der Waals surface area contributed by atoms with Crippen LogP contribution in [0, 0.1) is 19.8 Å². The van der Waals surface area contributed by atoms with Gasteiger partial charge in [0.05, 0.1) is 0 Å². The summed E-state index contributed by atoms with van der Waals surface area (Å²) >= 11 is 0. The molecule has 2 nitrogen and oxygen atoms in total. The normalized spacial score (nSPS) is 23.1. The molecule has 2 N–H and O–H groups in total. The van der Waals surface area contributed by atoms with Crippen molar-refractivity contribution in [2.24, 2.45) is 11.7 Å². The van der Waals surface area contributed by atoms with Gasteiger partial charge in [-0.2, -0.15) is 0 Å². The molecule has 0 aromatic heterocycles. The lowest BCUT2D eigenvalue weighted by Gasteiger charge is -2.30. The SMILES string of the molecule is Cc1ccc(C(CN)N2CCCC(C)CC2)cc1C. The molecule has 2 atom stereocenters. The van der Waals surface area contributed by atoms with Gasteiger partial charge in [0.2, 0.25) is 0 Å². The highest BCUT2D eigenvalue weighted by molar-refractivity contribution is 5.32. The topological polar surface area (TPSA) is 29.3 Å². The van der Waals surface area contributed by atoms with Crippen molar-refractivity contribution in [2.45, 2.75) is 46.1 Å². The van der Waals surface area contributed by atoms with Crippen molar-refractivity contribution in [2.75, 3.05) is 19.6 Å². The van der Waals surface area contributed by atoms with Crippen LogP contribution in [0.4, 0.5) is 0 Å². The number of hydrogen-bond acceptors (Lipinski definition) is 2. The highest BCUT2D eigenvalue weighted by Crippen LogP contribution is 2.26. The Labute approximate surface area is 118 Å². The molecule has 1 saturated heterocycles. The Morgan fingerprint density at radius 2 is 2.00 bits per heavy atom. The molecule has 0 radical (unpaired) electrons. The molecule has 1 aliphatic heterocycles. The van der Waals surface area contributed by atoms with E-state index in [9.17, 15) is 0 Å². The van der Waals surface area contributed by atoms with Crippen LogP contribution in [-0.4, -0.2) is 24.5 Å². The minimum atomic E-state index is 0.393. The minimum Gasteiger partial charge on any atom is -0.329 e. The Hall–Kier alpha value is -0.860. The highest BCUT2D eigenvalue weighted by Gasteiger charge is 2.22. The maximum Gasteiger partial charge on any atom is 0.0470 e. The largest absolute Gasteiger partial charge is 0.329 e. The molecule has 2 rings (SSSR count).